The first-order chi connectivity index (χ1) is 7.99. The third-order valence-electron chi connectivity index (χ3n) is 1.96. The van der Waals surface area contributed by atoms with Crippen molar-refractivity contribution in [3.8, 4) is 0 Å². The molecule has 0 saturated carbocycles. The Hall–Kier alpha value is -1.26. The van der Waals surface area contributed by atoms with Crippen molar-refractivity contribution in [2.75, 3.05) is 25.0 Å². The number of amides is 1. The van der Waals surface area contributed by atoms with Crippen LogP contribution in [0, 0.1) is 0 Å². The predicted molar refractivity (Wildman–Crippen MR) is 70.5 cm³/mol. The molecular weight excluding hydrogens is 261 g/mol. The van der Waals surface area contributed by atoms with E-state index in [1.54, 1.807) is 24.1 Å². The van der Waals surface area contributed by atoms with Gasteiger partial charge in [-0.05, 0) is 12.1 Å². The number of nitrogens with one attached hydrogen (secondary N) is 1. The van der Waals surface area contributed by atoms with E-state index in [2.05, 4.69) is 16.9 Å². The average Bonchev–Trinajstić information content (AvgIpc) is 2.27. The van der Waals surface area contributed by atoms with E-state index in [-0.39, 0.29) is 19.0 Å². The molecule has 0 atom stereocenters. The third-order valence-corrected chi connectivity index (χ3v) is 2.32. The highest BCUT2D eigenvalue weighted by Crippen LogP contribution is 2.12. The number of carbonyl (C=O) groups excluding carboxylic acids is 1. The smallest absolute Gasteiger partial charge is 0.239 e. The summed E-state index contributed by atoms with van der Waals surface area (Å²) < 4.78 is 0. The lowest BCUT2D eigenvalue weighted by Crippen LogP contribution is -2.35. The Morgan fingerprint density at radius 2 is 2.29 bits per heavy atom. The molecule has 92 valence electrons. The Kier molecular flexibility index (Phi) is 5.25. The molecule has 1 amide bonds. The predicted octanol–water partition coefficient (Wildman–Crippen LogP) is 2.04. The van der Waals surface area contributed by atoms with Gasteiger partial charge >= 0.3 is 0 Å². The minimum atomic E-state index is -0.147. The van der Waals surface area contributed by atoms with Gasteiger partial charge < -0.3 is 10.2 Å². The van der Waals surface area contributed by atoms with Gasteiger partial charge in [-0.2, -0.15) is 0 Å². The Morgan fingerprint density at radius 1 is 1.59 bits per heavy atom. The van der Waals surface area contributed by atoms with Crippen LogP contribution in [0.1, 0.15) is 0 Å². The summed E-state index contributed by atoms with van der Waals surface area (Å²) in [7, 11) is 1.77. The van der Waals surface area contributed by atoms with E-state index in [1.807, 2.05) is 0 Å². The summed E-state index contributed by atoms with van der Waals surface area (Å²) in [4.78, 5) is 17.3. The third kappa shape index (κ3) is 5.06. The first kappa shape index (κ1) is 13.8. The van der Waals surface area contributed by atoms with Crippen LogP contribution in [0.5, 0.6) is 0 Å². The van der Waals surface area contributed by atoms with Crippen LogP contribution in [0.25, 0.3) is 0 Å². The first-order valence-electron chi connectivity index (χ1n) is 4.91. The zero-order chi connectivity index (χ0) is 12.8. The summed E-state index contributed by atoms with van der Waals surface area (Å²) in [6.07, 6.45) is 1.53. The number of pyridine rings is 1. The van der Waals surface area contributed by atoms with E-state index >= 15 is 0 Å². The van der Waals surface area contributed by atoms with Crippen molar-refractivity contribution in [2.45, 2.75) is 0 Å². The SMILES string of the molecule is C=C(Cl)CNC(=O)CN(C)c1ccc(Cl)cn1. The fourth-order valence-corrected chi connectivity index (χ4v) is 1.32. The maximum absolute atomic E-state index is 11.5. The van der Waals surface area contributed by atoms with Gasteiger partial charge in [0, 0.05) is 18.3 Å². The highest BCUT2D eigenvalue weighted by molar-refractivity contribution is 6.30. The Morgan fingerprint density at radius 3 is 2.82 bits per heavy atom. The highest BCUT2D eigenvalue weighted by Gasteiger charge is 2.08. The second-order valence-corrected chi connectivity index (χ2v) is 4.46. The van der Waals surface area contributed by atoms with Gasteiger partial charge in [-0.25, -0.2) is 4.98 Å². The summed E-state index contributed by atoms with van der Waals surface area (Å²) in [5.41, 5.74) is 0. The molecule has 0 aromatic carbocycles. The van der Waals surface area contributed by atoms with Crippen molar-refractivity contribution < 1.29 is 4.79 Å². The Labute approximate surface area is 110 Å². The van der Waals surface area contributed by atoms with Crippen LogP contribution in [0.2, 0.25) is 5.02 Å². The molecule has 0 spiro atoms. The number of rotatable bonds is 5. The topological polar surface area (TPSA) is 45.2 Å². The monoisotopic (exact) mass is 273 g/mol. The van der Waals surface area contributed by atoms with Crippen LogP contribution >= 0.6 is 23.2 Å². The standard InChI is InChI=1S/C11H13Cl2N3O/c1-8(12)5-15-11(17)7-16(2)10-4-3-9(13)6-14-10/h3-4,6H,1,5,7H2,2H3,(H,15,17). The first-order valence-corrected chi connectivity index (χ1v) is 5.67. The molecule has 0 bridgehead atoms. The summed E-state index contributed by atoms with van der Waals surface area (Å²) in [5.74, 6) is 0.528. The van der Waals surface area contributed by atoms with Crippen molar-refractivity contribution >= 4 is 34.9 Å². The Balaban J connectivity index is 2.48. The van der Waals surface area contributed by atoms with Gasteiger partial charge in [0.25, 0.3) is 0 Å². The summed E-state index contributed by atoms with van der Waals surface area (Å²) in [6.45, 7) is 3.94. The highest BCUT2D eigenvalue weighted by atomic mass is 35.5. The van der Waals surface area contributed by atoms with Crippen LogP contribution in [-0.4, -0.2) is 31.0 Å². The normalized spacial score (nSPS) is 9.82. The second-order valence-electron chi connectivity index (χ2n) is 3.48. The molecule has 0 unspecified atom stereocenters. The van der Waals surface area contributed by atoms with Gasteiger partial charge in [0.15, 0.2) is 0 Å². The fourth-order valence-electron chi connectivity index (χ4n) is 1.14. The molecule has 0 aliphatic carbocycles. The molecule has 1 heterocycles. The van der Waals surface area contributed by atoms with E-state index in [4.69, 9.17) is 23.2 Å². The lowest BCUT2D eigenvalue weighted by atomic mass is 10.4. The minimum absolute atomic E-state index is 0.147. The van der Waals surface area contributed by atoms with Crippen LogP contribution in [0.15, 0.2) is 29.9 Å². The fraction of sp³-hybridized carbons (Fsp3) is 0.273. The molecular formula is C11H13Cl2N3O. The molecule has 0 aliphatic heterocycles. The number of aromatic nitrogens is 1. The van der Waals surface area contributed by atoms with Gasteiger partial charge in [-0.1, -0.05) is 29.8 Å². The number of hydrogen-bond donors (Lipinski definition) is 1. The van der Waals surface area contributed by atoms with E-state index < -0.39 is 0 Å². The lowest BCUT2D eigenvalue weighted by Gasteiger charge is -2.17. The molecule has 0 aliphatic rings. The average molecular weight is 274 g/mol. The van der Waals surface area contributed by atoms with E-state index in [1.165, 1.54) is 6.20 Å². The number of carbonyl (C=O) groups is 1. The quantitative estimate of drug-likeness (QED) is 0.893. The molecule has 6 heteroatoms. The van der Waals surface area contributed by atoms with Gasteiger partial charge in [0.1, 0.15) is 5.82 Å². The molecule has 0 saturated heterocycles. The number of anilines is 1. The zero-order valence-corrected chi connectivity index (χ0v) is 10.9. The number of nitrogens with zero attached hydrogens (tertiary/aromatic N) is 2. The largest absolute Gasteiger partial charge is 0.350 e. The van der Waals surface area contributed by atoms with E-state index in [0.29, 0.717) is 15.9 Å². The maximum Gasteiger partial charge on any atom is 0.239 e. The number of halogens is 2. The van der Waals surface area contributed by atoms with Crippen LogP contribution in [-0.2, 0) is 4.79 Å². The molecule has 1 aromatic rings. The summed E-state index contributed by atoms with van der Waals surface area (Å²) in [6, 6.07) is 3.47. The van der Waals surface area contributed by atoms with Crippen molar-refractivity contribution in [2.24, 2.45) is 0 Å². The minimum Gasteiger partial charge on any atom is -0.350 e. The number of likely N-dealkylation sites (N-methyl/N-ethyl adjacent to an activating group) is 1. The van der Waals surface area contributed by atoms with Gasteiger partial charge in [-0.15, -0.1) is 0 Å². The van der Waals surface area contributed by atoms with Crippen molar-refractivity contribution in [3.63, 3.8) is 0 Å². The van der Waals surface area contributed by atoms with Crippen molar-refractivity contribution in [1.82, 2.24) is 10.3 Å². The maximum atomic E-state index is 11.5. The second kappa shape index (κ2) is 6.47. The number of hydrogen-bond acceptors (Lipinski definition) is 3. The Bertz CT molecular complexity index is 406. The molecule has 17 heavy (non-hydrogen) atoms. The molecule has 1 rings (SSSR count). The van der Waals surface area contributed by atoms with Crippen LogP contribution in [0.3, 0.4) is 0 Å². The van der Waals surface area contributed by atoms with E-state index in [0.717, 1.165) is 0 Å². The van der Waals surface area contributed by atoms with Gasteiger partial charge in [0.05, 0.1) is 18.1 Å². The van der Waals surface area contributed by atoms with Crippen LogP contribution < -0.4 is 10.2 Å². The molecule has 1 N–H and O–H groups in total. The molecule has 0 radical (unpaired) electrons. The van der Waals surface area contributed by atoms with Gasteiger partial charge in [0.2, 0.25) is 5.91 Å². The molecule has 1 aromatic heterocycles. The summed E-state index contributed by atoms with van der Waals surface area (Å²) in [5, 5.41) is 3.58. The van der Waals surface area contributed by atoms with Crippen molar-refractivity contribution in [1.29, 1.82) is 0 Å². The lowest BCUT2D eigenvalue weighted by molar-refractivity contribution is -0.119. The zero-order valence-electron chi connectivity index (χ0n) is 9.41. The molecule has 0 fully saturated rings. The summed E-state index contributed by atoms with van der Waals surface area (Å²) >= 11 is 11.3. The van der Waals surface area contributed by atoms with Crippen LogP contribution in [0.4, 0.5) is 5.82 Å². The molecule has 4 nitrogen and oxygen atoms in total. The van der Waals surface area contributed by atoms with Crippen molar-refractivity contribution in [3.05, 3.63) is 35.0 Å². The van der Waals surface area contributed by atoms with Gasteiger partial charge in [-0.3, -0.25) is 4.79 Å². The van der Waals surface area contributed by atoms with E-state index in [9.17, 15) is 4.79 Å².